The number of hydrogen-bond acceptors (Lipinski definition) is 5. The van der Waals surface area contributed by atoms with Crippen molar-refractivity contribution in [2.45, 2.75) is 56.9 Å². The number of carbonyl (C=O) groups is 2. The fourth-order valence-electron chi connectivity index (χ4n) is 3.10. The van der Waals surface area contributed by atoms with Crippen LogP contribution in [0, 0.1) is 0 Å². The minimum absolute atomic E-state index is 0.113. The molecule has 0 aliphatic carbocycles. The molecule has 0 spiro atoms. The van der Waals surface area contributed by atoms with Gasteiger partial charge in [-0.1, -0.05) is 30.3 Å². The fraction of sp³-hybridized carbons (Fsp3) is 0.556. The zero-order valence-electron chi connectivity index (χ0n) is 14.6. The van der Waals surface area contributed by atoms with Crippen LogP contribution in [-0.4, -0.2) is 51.4 Å². The van der Waals surface area contributed by atoms with E-state index in [0.29, 0.717) is 12.8 Å². The number of rotatable bonds is 5. The van der Waals surface area contributed by atoms with Gasteiger partial charge in [-0.3, -0.25) is 4.90 Å². The maximum Gasteiger partial charge on any atom is 0.408 e. The third-order valence-corrected chi connectivity index (χ3v) is 4.38. The van der Waals surface area contributed by atoms with Gasteiger partial charge in [-0.15, -0.1) is 0 Å². The van der Waals surface area contributed by atoms with Crippen LogP contribution in [0.5, 0.6) is 0 Å². The molecule has 0 radical (unpaired) electrons. The predicted molar refractivity (Wildman–Crippen MR) is 91.9 cm³/mol. The molecule has 0 bridgehead atoms. The molecule has 3 atom stereocenters. The Morgan fingerprint density at radius 1 is 1.32 bits per heavy atom. The van der Waals surface area contributed by atoms with E-state index in [9.17, 15) is 19.8 Å². The number of piperidine rings is 1. The van der Waals surface area contributed by atoms with Crippen LogP contribution < -0.4 is 5.73 Å². The van der Waals surface area contributed by atoms with E-state index in [0.717, 1.165) is 10.5 Å². The highest BCUT2D eigenvalue weighted by molar-refractivity contribution is 5.81. The summed E-state index contributed by atoms with van der Waals surface area (Å²) >= 11 is 0. The highest BCUT2D eigenvalue weighted by Crippen LogP contribution is 2.28. The summed E-state index contributed by atoms with van der Waals surface area (Å²) in [5, 5.41) is 19.6. The lowest BCUT2D eigenvalue weighted by molar-refractivity contribution is -0.166. The van der Waals surface area contributed by atoms with E-state index in [4.69, 9.17) is 10.5 Å². The molecule has 4 N–H and O–H groups in total. The summed E-state index contributed by atoms with van der Waals surface area (Å²) in [6, 6.07) is 7.99. The van der Waals surface area contributed by atoms with Gasteiger partial charge in [-0.25, -0.2) is 9.59 Å². The molecule has 1 aliphatic rings. The van der Waals surface area contributed by atoms with Gasteiger partial charge < -0.3 is 20.7 Å². The average molecular weight is 350 g/mol. The van der Waals surface area contributed by atoms with Crippen molar-refractivity contribution in [3.63, 3.8) is 0 Å². The van der Waals surface area contributed by atoms with Gasteiger partial charge >= 0.3 is 12.1 Å². The Balaban J connectivity index is 2.01. The van der Waals surface area contributed by atoms with Crippen LogP contribution in [0.2, 0.25) is 0 Å². The molecule has 7 nitrogen and oxygen atoms in total. The summed E-state index contributed by atoms with van der Waals surface area (Å²) in [6.45, 7) is 3.52. The molecule has 7 heteroatoms. The summed E-state index contributed by atoms with van der Waals surface area (Å²) in [4.78, 5) is 24.9. The SMILES string of the molecule is CC(C)(CC(O)c1ccccc1)OC(=O)C1CCC(N)CN1C(=O)O. The van der Waals surface area contributed by atoms with Crippen LogP contribution in [0.15, 0.2) is 30.3 Å². The van der Waals surface area contributed by atoms with Gasteiger partial charge in [-0.2, -0.15) is 0 Å². The standard InChI is InChI=1S/C18H26N2O5/c1-18(2,10-15(21)12-6-4-3-5-7-12)25-16(22)14-9-8-13(19)11-20(14)17(23)24/h3-7,13-15,21H,8-11,19H2,1-2H3,(H,23,24). The number of hydrogen-bond donors (Lipinski definition) is 3. The number of aliphatic hydroxyl groups excluding tert-OH is 1. The molecule has 0 saturated carbocycles. The van der Waals surface area contributed by atoms with Crippen LogP contribution in [0.4, 0.5) is 4.79 Å². The summed E-state index contributed by atoms with van der Waals surface area (Å²) in [7, 11) is 0. The van der Waals surface area contributed by atoms with E-state index in [1.54, 1.807) is 26.0 Å². The number of carboxylic acid groups (broad SMARTS) is 1. The van der Waals surface area contributed by atoms with E-state index in [1.807, 2.05) is 18.2 Å². The minimum atomic E-state index is -1.18. The second kappa shape index (κ2) is 7.84. The summed E-state index contributed by atoms with van der Waals surface area (Å²) in [6.07, 6.45) is -0.846. The predicted octanol–water partition coefficient (Wildman–Crippen LogP) is 1.90. The minimum Gasteiger partial charge on any atom is -0.465 e. The first-order valence-corrected chi connectivity index (χ1v) is 8.40. The number of nitrogens with two attached hydrogens (primary N) is 1. The van der Waals surface area contributed by atoms with Gasteiger partial charge in [0, 0.05) is 19.0 Å². The number of esters is 1. The lowest BCUT2D eigenvalue weighted by Gasteiger charge is -2.37. The van der Waals surface area contributed by atoms with Crippen molar-refractivity contribution in [1.82, 2.24) is 4.90 Å². The number of carbonyl (C=O) groups excluding carboxylic acids is 1. The van der Waals surface area contributed by atoms with Crippen LogP contribution in [0.3, 0.4) is 0 Å². The highest BCUT2D eigenvalue weighted by Gasteiger charge is 2.38. The highest BCUT2D eigenvalue weighted by atomic mass is 16.6. The molecule has 1 aliphatic heterocycles. The normalized spacial score (nSPS) is 22.3. The van der Waals surface area contributed by atoms with Crippen molar-refractivity contribution < 1.29 is 24.5 Å². The first-order chi connectivity index (χ1) is 11.7. The molecule has 1 aromatic carbocycles. The summed E-state index contributed by atoms with van der Waals surface area (Å²) in [5.41, 5.74) is 5.60. The van der Waals surface area contributed by atoms with E-state index < -0.39 is 29.8 Å². The number of likely N-dealkylation sites (tertiary alicyclic amines) is 1. The molecular formula is C18H26N2O5. The van der Waals surface area contributed by atoms with E-state index in [2.05, 4.69) is 0 Å². The lowest BCUT2D eigenvalue weighted by Crippen LogP contribution is -2.55. The zero-order chi connectivity index (χ0) is 18.6. The average Bonchev–Trinajstić information content (AvgIpc) is 2.54. The van der Waals surface area contributed by atoms with Crippen LogP contribution in [0.1, 0.15) is 44.8 Å². The maximum atomic E-state index is 12.5. The number of amides is 1. The Kier molecular flexibility index (Phi) is 6.02. The molecule has 1 fully saturated rings. The largest absolute Gasteiger partial charge is 0.465 e. The molecule has 1 heterocycles. The first-order valence-electron chi connectivity index (χ1n) is 8.40. The summed E-state index contributed by atoms with van der Waals surface area (Å²) in [5.74, 6) is -0.598. The number of aliphatic hydroxyl groups is 1. The van der Waals surface area contributed by atoms with Gasteiger partial charge in [0.1, 0.15) is 11.6 Å². The van der Waals surface area contributed by atoms with Crippen LogP contribution >= 0.6 is 0 Å². The topological polar surface area (TPSA) is 113 Å². The molecule has 3 unspecified atom stereocenters. The van der Waals surface area contributed by atoms with Gasteiger partial charge in [0.15, 0.2) is 0 Å². The van der Waals surface area contributed by atoms with Gasteiger partial charge in [0.05, 0.1) is 6.10 Å². The molecule has 138 valence electrons. The lowest BCUT2D eigenvalue weighted by atomic mass is 9.95. The van der Waals surface area contributed by atoms with Crippen molar-refractivity contribution in [2.75, 3.05) is 6.54 Å². The van der Waals surface area contributed by atoms with Crippen molar-refractivity contribution in [1.29, 1.82) is 0 Å². The van der Waals surface area contributed by atoms with Crippen molar-refractivity contribution in [3.8, 4) is 0 Å². The molecule has 1 saturated heterocycles. The molecule has 2 rings (SSSR count). The molecular weight excluding hydrogens is 324 g/mol. The van der Waals surface area contributed by atoms with E-state index in [1.165, 1.54) is 0 Å². The van der Waals surface area contributed by atoms with Gasteiger partial charge in [-0.05, 0) is 32.3 Å². The second-order valence-electron chi connectivity index (χ2n) is 7.10. The Labute approximate surface area is 147 Å². The Hall–Kier alpha value is -2.12. The Bertz CT molecular complexity index is 605. The Morgan fingerprint density at radius 3 is 2.56 bits per heavy atom. The zero-order valence-corrected chi connectivity index (χ0v) is 14.6. The third-order valence-electron chi connectivity index (χ3n) is 4.38. The molecule has 25 heavy (non-hydrogen) atoms. The fourth-order valence-corrected chi connectivity index (χ4v) is 3.10. The van der Waals surface area contributed by atoms with Crippen molar-refractivity contribution in [2.24, 2.45) is 5.73 Å². The smallest absolute Gasteiger partial charge is 0.408 e. The van der Waals surface area contributed by atoms with Gasteiger partial charge in [0.2, 0.25) is 0 Å². The Morgan fingerprint density at radius 2 is 1.96 bits per heavy atom. The molecule has 0 aromatic heterocycles. The van der Waals surface area contributed by atoms with E-state index in [-0.39, 0.29) is 19.0 Å². The van der Waals surface area contributed by atoms with Gasteiger partial charge in [0.25, 0.3) is 0 Å². The summed E-state index contributed by atoms with van der Waals surface area (Å²) < 4.78 is 5.54. The van der Waals surface area contributed by atoms with Crippen molar-refractivity contribution in [3.05, 3.63) is 35.9 Å². The maximum absolute atomic E-state index is 12.5. The van der Waals surface area contributed by atoms with E-state index >= 15 is 0 Å². The number of ether oxygens (including phenoxy) is 1. The molecule has 1 amide bonds. The van der Waals surface area contributed by atoms with Crippen molar-refractivity contribution >= 4 is 12.1 Å². The monoisotopic (exact) mass is 350 g/mol. The van der Waals surface area contributed by atoms with Crippen LogP contribution in [0.25, 0.3) is 0 Å². The second-order valence-corrected chi connectivity index (χ2v) is 7.10. The quantitative estimate of drug-likeness (QED) is 0.699. The number of benzene rings is 1. The van der Waals surface area contributed by atoms with Crippen LogP contribution in [-0.2, 0) is 9.53 Å². The number of nitrogens with zero attached hydrogens (tertiary/aromatic N) is 1. The molecule has 1 aromatic rings. The first kappa shape index (κ1) is 19.2. The third kappa shape index (κ3) is 5.17.